The number of benzene rings is 1. The van der Waals surface area contributed by atoms with E-state index >= 15 is 0 Å². The van der Waals surface area contributed by atoms with Crippen LogP contribution in [-0.4, -0.2) is 20.7 Å². The molecule has 0 saturated carbocycles. The summed E-state index contributed by atoms with van der Waals surface area (Å²) in [6.45, 7) is -0.239. The third kappa shape index (κ3) is 3.65. The molecular formula is C11H10ClFN4O2. The SMILES string of the molecule is Nc1ncn(CC(=O)OCc2cc(F)ccc2Cl)n1. The first kappa shape index (κ1) is 13.3. The number of aromatic nitrogens is 3. The van der Waals surface area contributed by atoms with Crippen LogP contribution >= 0.6 is 11.6 Å². The lowest BCUT2D eigenvalue weighted by Crippen LogP contribution is -2.14. The monoisotopic (exact) mass is 284 g/mol. The van der Waals surface area contributed by atoms with Gasteiger partial charge in [0.2, 0.25) is 5.95 Å². The lowest BCUT2D eigenvalue weighted by molar-refractivity contribution is -0.145. The van der Waals surface area contributed by atoms with E-state index in [-0.39, 0.29) is 19.1 Å². The Bertz CT molecular complexity index is 602. The smallest absolute Gasteiger partial charge is 0.328 e. The van der Waals surface area contributed by atoms with Crippen molar-refractivity contribution in [2.75, 3.05) is 5.73 Å². The summed E-state index contributed by atoms with van der Waals surface area (Å²) in [7, 11) is 0. The van der Waals surface area contributed by atoms with Crippen LogP contribution in [0.2, 0.25) is 5.02 Å². The minimum Gasteiger partial charge on any atom is -0.459 e. The van der Waals surface area contributed by atoms with Gasteiger partial charge >= 0.3 is 5.97 Å². The Balaban J connectivity index is 1.91. The quantitative estimate of drug-likeness (QED) is 0.858. The van der Waals surface area contributed by atoms with E-state index in [4.69, 9.17) is 22.1 Å². The van der Waals surface area contributed by atoms with Crippen molar-refractivity contribution in [1.29, 1.82) is 0 Å². The number of esters is 1. The molecule has 1 aromatic heterocycles. The van der Waals surface area contributed by atoms with Crippen LogP contribution < -0.4 is 5.73 Å². The number of carbonyl (C=O) groups is 1. The predicted molar refractivity (Wildman–Crippen MR) is 65.6 cm³/mol. The van der Waals surface area contributed by atoms with E-state index in [1.54, 1.807) is 0 Å². The van der Waals surface area contributed by atoms with Gasteiger partial charge in [-0.2, -0.15) is 0 Å². The molecule has 1 heterocycles. The van der Waals surface area contributed by atoms with Crippen LogP contribution in [0.1, 0.15) is 5.56 Å². The highest BCUT2D eigenvalue weighted by atomic mass is 35.5. The van der Waals surface area contributed by atoms with Crippen LogP contribution in [-0.2, 0) is 22.7 Å². The molecule has 2 rings (SSSR count). The summed E-state index contributed by atoms with van der Waals surface area (Å²) in [5.74, 6) is -0.925. The topological polar surface area (TPSA) is 83.0 Å². The molecule has 0 bridgehead atoms. The lowest BCUT2D eigenvalue weighted by Gasteiger charge is -2.06. The van der Waals surface area contributed by atoms with Gasteiger partial charge in [-0.25, -0.2) is 14.1 Å². The van der Waals surface area contributed by atoms with Crippen molar-refractivity contribution >= 4 is 23.5 Å². The summed E-state index contributed by atoms with van der Waals surface area (Å²) in [4.78, 5) is 15.2. The third-order valence-corrected chi connectivity index (χ3v) is 2.61. The molecule has 1 aromatic carbocycles. The number of hydrogen-bond donors (Lipinski definition) is 1. The first-order chi connectivity index (χ1) is 9.04. The zero-order chi connectivity index (χ0) is 13.8. The Hall–Kier alpha value is -2.15. The van der Waals surface area contributed by atoms with E-state index in [1.165, 1.54) is 29.2 Å². The van der Waals surface area contributed by atoms with E-state index in [0.29, 0.717) is 10.6 Å². The second-order valence-electron chi connectivity index (χ2n) is 3.70. The maximum atomic E-state index is 13.0. The first-order valence-corrected chi connectivity index (χ1v) is 5.67. The lowest BCUT2D eigenvalue weighted by atomic mass is 10.2. The van der Waals surface area contributed by atoms with Gasteiger partial charge < -0.3 is 10.5 Å². The highest BCUT2D eigenvalue weighted by Gasteiger charge is 2.09. The number of rotatable bonds is 4. The van der Waals surface area contributed by atoms with Gasteiger partial charge in [0.05, 0.1) is 0 Å². The van der Waals surface area contributed by atoms with Crippen LogP contribution in [0.3, 0.4) is 0 Å². The summed E-state index contributed by atoms with van der Waals surface area (Å²) < 4.78 is 19.2. The Kier molecular flexibility index (Phi) is 3.96. The van der Waals surface area contributed by atoms with E-state index in [2.05, 4.69) is 10.1 Å². The predicted octanol–water partition coefficient (Wildman–Crippen LogP) is 1.40. The molecule has 0 radical (unpaired) electrons. The Morgan fingerprint density at radius 2 is 2.32 bits per heavy atom. The van der Waals surface area contributed by atoms with Crippen LogP contribution in [0.4, 0.5) is 10.3 Å². The summed E-state index contributed by atoms with van der Waals surface area (Å²) in [6.07, 6.45) is 1.31. The number of nitrogens with two attached hydrogens (primary N) is 1. The normalized spacial score (nSPS) is 10.4. The third-order valence-electron chi connectivity index (χ3n) is 2.24. The zero-order valence-electron chi connectivity index (χ0n) is 9.72. The largest absolute Gasteiger partial charge is 0.459 e. The molecule has 0 saturated heterocycles. The van der Waals surface area contributed by atoms with Crippen molar-refractivity contribution < 1.29 is 13.9 Å². The van der Waals surface area contributed by atoms with Crippen LogP contribution in [0, 0.1) is 5.82 Å². The second-order valence-corrected chi connectivity index (χ2v) is 4.10. The minimum absolute atomic E-state index is 0.0703. The molecule has 0 amide bonds. The number of ether oxygens (including phenoxy) is 1. The molecule has 0 unspecified atom stereocenters. The fraction of sp³-hybridized carbons (Fsp3) is 0.182. The van der Waals surface area contributed by atoms with Gasteiger partial charge in [-0.15, -0.1) is 5.10 Å². The molecule has 2 N–H and O–H groups in total. The zero-order valence-corrected chi connectivity index (χ0v) is 10.5. The molecular weight excluding hydrogens is 275 g/mol. The average Bonchev–Trinajstić information content (AvgIpc) is 2.76. The molecule has 0 atom stereocenters. The molecule has 100 valence electrons. The summed E-state index contributed by atoms with van der Waals surface area (Å²) in [5, 5.41) is 4.07. The molecule has 6 nitrogen and oxygen atoms in total. The Labute approximate surface area is 112 Å². The van der Waals surface area contributed by atoms with Gasteiger partial charge in [-0.05, 0) is 18.2 Å². The maximum Gasteiger partial charge on any atom is 0.328 e. The van der Waals surface area contributed by atoms with Crippen molar-refractivity contribution in [1.82, 2.24) is 14.8 Å². The second kappa shape index (κ2) is 5.66. The van der Waals surface area contributed by atoms with Crippen molar-refractivity contribution in [3.05, 3.63) is 40.9 Å². The molecule has 0 fully saturated rings. The van der Waals surface area contributed by atoms with Gasteiger partial charge in [0.1, 0.15) is 25.3 Å². The van der Waals surface area contributed by atoms with Gasteiger partial charge in [-0.3, -0.25) is 4.79 Å². The highest BCUT2D eigenvalue weighted by Crippen LogP contribution is 2.17. The van der Waals surface area contributed by atoms with Crippen LogP contribution in [0.25, 0.3) is 0 Å². The van der Waals surface area contributed by atoms with Gasteiger partial charge in [0.25, 0.3) is 0 Å². The van der Waals surface area contributed by atoms with Crippen molar-refractivity contribution in [3.63, 3.8) is 0 Å². The van der Waals surface area contributed by atoms with E-state index < -0.39 is 11.8 Å². The first-order valence-electron chi connectivity index (χ1n) is 5.29. The molecule has 2 aromatic rings. The molecule has 8 heteroatoms. The van der Waals surface area contributed by atoms with Crippen LogP contribution in [0.15, 0.2) is 24.5 Å². The van der Waals surface area contributed by atoms with Crippen molar-refractivity contribution in [2.24, 2.45) is 0 Å². The number of halogens is 2. The average molecular weight is 285 g/mol. The van der Waals surface area contributed by atoms with Gasteiger partial charge in [-0.1, -0.05) is 11.6 Å². The summed E-state index contributed by atoms with van der Waals surface area (Å²) in [6, 6.07) is 3.84. The number of anilines is 1. The standard InChI is InChI=1S/C11H10ClFN4O2/c12-9-2-1-8(13)3-7(9)5-19-10(18)4-17-6-15-11(14)16-17/h1-3,6H,4-5H2,(H2,14,16). The van der Waals surface area contributed by atoms with Crippen molar-refractivity contribution in [3.8, 4) is 0 Å². The van der Waals surface area contributed by atoms with E-state index in [1.807, 2.05) is 0 Å². The number of hydrogen-bond acceptors (Lipinski definition) is 5. The van der Waals surface area contributed by atoms with E-state index in [0.717, 1.165) is 0 Å². The summed E-state index contributed by atoms with van der Waals surface area (Å²) >= 11 is 5.84. The number of carbonyl (C=O) groups excluding carboxylic acids is 1. The fourth-order valence-corrected chi connectivity index (χ4v) is 1.55. The maximum absolute atomic E-state index is 13.0. The van der Waals surface area contributed by atoms with E-state index in [9.17, 15) is 9.18 Å². The Morgan fingerprint density at radius 3 is 3.00 bits per heavy atom. The molecule has 19 heavy (non-hydrogen) atoms. The number of nitrogen functional groups attached to an aromatic ring is 1. The molecule has 0 aliphatic heterocycles. The molecule has 0 aliphatic rings. The summed E-state index contributed by atoms with van der Waals surface area (Å²) in [5.41, 5.74) is 5.70. The van der Waals surface area contributed by atoms with Crippen LogP contribution in [0.5, 0.6) is 0 Å². The number of nitrogens with zero attached hydrogens (tertiary/aromatic N) is 3. The molecule has 0 spiro atoms. The minimum atomic E-state index is -0.551. The Morgan fingerprint density at radius 1 is 1.53 bits per heavy atom. The van der Waals surface area contributed by atoms with Gasteiger partial charge in [0, 0.05) is 10.6 Å². The van der Waals surface area contributed by atoms with Gasteiger partial charge in [0.15, 0.2) is 0 Å². The fourth-order valence-electron chi connectivity index (χ4n) is 1.38. The molecule has 0 aliphatic carbocycles. The van der Waals surface area contributed by atoms with Crippen molar-refractivity contribution in [2.45, 2.75) is 13.2 Å². The highest BCUT2D eigenvalue weighted by molar-refractivity contribution is 6.31.